The van der Waals surface area contributed by atoms with E-state index in [1.807, 2.05) is 20.8 Å². The van der Waals surface area contributed by atoms with Crippen molar-refractivity contribution in [1.82, 2.24) is 9.88 Å². The molecule has 1 amide bonds. The van der Waals surface area contributed by atoms with Gasteiger partial charge in [0, 0.05) is 12.7 Å². The van der Waals surface area contributed by atoms with E-state index in [1.165, 1.54) is 0 Å². The van der Waals surface area contributed by atoms with Crippen molar-refractivity contribution in [3.8, 4) is 5.88 Å². The average Bonchev–Trinajstić information content (AvgIpc) is 2.84. The minimum absolute atomic E-state index is 0.00116. The first-order valence-electron chi connectivity index (χ1n) is 7.20. The van der Waals surface area contributed by atoms with Crippen LogP contribution in [0.25, 0.3) is 0 Å². The third-order valence-electron chi connectivity index (χ3n) is 3.22. The maximum Gasteiger partial charge on any atom is 0.410 e. The third kappa shape index (κ3) is 4.24. The number of nitrogen functional groups attached to an aromatic ring is 1. The molecule has 0 spiro atoms. The molecule has 1 aliphatic heterocycles. The number of rotatable bonds is 3. The number of carbonyl (C=O) groups excluding carboxylic acids is 1. The molecule has 2 heterocycles. The summed E-state index contributed by atoms with van der Waals surface area (Å²) >= 11 is 0. The number of likely N-dealkylation sites (tertiary alicyclic amines) is 1. The molecular formula is C15H23N3O3. The van der Waals surface area contributed by atoms with Gasteiger partial charge in [0.25, 0.3) is 0 Å². The molecule has 0 radical (unpaired) electrons. The molecule has 0 aliphatic carbocycles. The average molecular weight is 293 g/mol. The predicted octanol–water partition coefficient (Wildman–Crippen LogP) is 2.44. The summed E-state index contributed by atoms with van der Waals surface area (Å²) in [4.78, 5) is 18.0. The molecule has 0 saturated carbocycles. The Morgan fingerprint density at radius 1 is 1.52 bits per heavy atom. The number of aromatic nitrogens is 1. The highest BCUT2D eigenvalue weighted by Crippen LogP contribution is 2.23. The van der Waals surface area contributed by atoms with Crippen molar-refractivity contribution in [3.05, 3.63) is 18.3 Å². The lowest BCUT2D eigenvalue weighted by molar-refractivity contribution is 0.0186. The molecule has 1 aromatic rings. The van der Waals surface area contributed by atoms with Crippen LogP contribution >= 0.6 is 0 Å². The maximum absolute atomic E-state index is 12.2. The van der Waals surface area contributed by atoms with Crippen molar-refractivity contribution in [2.45, 2.75) is 45.3 Å². The summed E-state index contributed by atoms with van der Waals surface area (Å²) in [7, 11) is 0. The van der Waals surface area contributed by atoms with Crippen LogP contribution in [0, 0.1) is 0 Å². The second-order valence-corrected chi connectivity index (χ2v) is 6.18. The number of hydrogen-bond acceptors (Lipinski definition) is 5. The number of hydrogen-bond donors (Lipinski definition) is 1. The second kappa shape index (κ2) is 6.20. The van der Waals surface area contributed by atoms with Gasteiger partial charge in [0.2, 0.25) is 5.88 Å². The zero-order valence-electron chi connectivity index (χ0n) is 12.8. The van der Waals surface area contributed by atoms with Crippen LogP contribution in [0.1, 0.15) is 33.6 Å². The zero-order chi connectivity index (χ0) is 15.5. The van der Waals surface area contributed by atoms with Crippen molar-refractivity contribution in [2.75, 3.05) is 18.9 Å². The summed E-state index contributed by atoms with van der Waals surface area (Å²) in [6.07, 6.45) is 3.19. The summed E-state index contributed by atoms with van der Waals surface area (Å²) in [6, 6.07) is 3.49. The SMILES string of the molecule is CC(C)(C)OC(=O)N1CCC[C@H]1COc1ncccc1N. The first kappa shape index (κ1) is 15.4. The quantitative estimate of drug-likeness (QED) is 0.926. The van der Waals surface area contributed by atoms with Gasteiger partial charge >= 0.3 is 6.09 Å². The standard InChI is InChI=1S/C15H23N3O3/c1-15(2,3)21-14(19)18-9-5-6-11(18)10-20-13-12(16)7-4-8-17-13/h4,7-8,11H,5-6,9-10,16H2,1-3H3/t11-/m0/s1. The molecule has 1 aliphatic rings. The van der Waals surface area contributed by atoms with Gasteiger partial charge in [-0.15, -0.1) is 0 Å². The van der Waals surface area contributed by atoms with Crippen LogP contribution in [0.5, 0.6) is 5.88 Å². The van der Waals surface area contributed by atoms with E-state index in [9.17, 15) is 4.79 Å². The van der Waals surface area contributed by atoms with Gasteiger partial charge in [0.15, 0.2) is 0 Å². The van der Waals surface area contributed by atoms with Crippen molar-refractivity contribution < 1.29 is 14.3 Å². The fraction of sp³-hybridized carbons (Fsp3) is 0.600. The number of nitrogens with two attached hydrogens (primary N) is 1. The molecule has 6 nitrogen and oxygen atoms in total. The van der Waals surface area contributed by atoms with Crippen LogP contribution in [0.3, 0.4) is 0 Å². The van der Waals surface area contributed by atoms with Gasteiger partial charge in [0.1, 0.15) is 12.2 Å². The molecule has 0 unspecified atom stereocenters. The smallest absolute Gasteiger partial charge is 0.410 e. The molecule has 21 heavy (non-hydrogen) atoms. The fourth-order valence-corrected chi connectivity index (χ4v) is 2.27. The van der Waals surface area contributed by atoms with Crippen LogP contribution in [0.2, 0.25) is 0 Å². The molecule has 0 aromatic carbocycles. The third-order valence-corrected chi connectivity index (χ3v) is 3.22. The van der Waals surface area contributed by atoms with Gasteiger partial charge in [-0.2, -0.15) is 0 Å². The van der Waals surface area contributed by atoms with E-state index < -0.39 is 5.60 Å². The summed E-state index contributed by atoms with van der Waals surface area (Å²) in [6.45, 7) is 6.66. The lowest BCUT2D eigenvalue weighted by atomic mass is 10.2. The Hall–Kier alpha value is -1.98. The van der Waals surface area contributed by atoms with Gasteiger partial charge in [-0.3, -0.25) is 0 Å². The summed E-state index contributed by atoms with van der Waals surface area (Å²) in [5.41, 5.74) is 5.80. The maximum atomic E-state index is 12.2. The highest BCUT2D eigenvalue weighted by atomic mass is 16.6. The van der Waals surface area contributed by atoms with E-state index in [0.29, 0.717) is 24.7 Å². The fourth-order valence-electron chi connectivity index (χ4n) is 2.27. The molecule has 6 heteroatoms. The van der Waals surface area contributed by atoms with Gasteiger partial charge in [-0.1, -0.05) is 0 Å². The van der Waals surface area contributed by atoms with E-state index in [0.717, 1.165) is 12.8 Å². The van der Waals surface area contributed by atoms with Gasteiger partial charge in [0.05, 0.1) is 11.7 Å². The Bertz CT molecular complexity index is 499. The van der Waals surface area contributed by atoms with Crippen LogP contribution in [-0.2, 0) is 4.74 Å². The van der Waals surface area contributed by atoms with Gasteiger partial charge < -0.3 is 20.1 Å². The highest BCUT2D eigenvalue weighted by Gasteiger charge is 2.32. The number of pyridine rings is 1. The summed E-state index contributed by atoms with van der Waals surface area (Å²) < 4.78 is 11.1. The van der Waals surface area contributed by atoms with Crippen LogP contribution < -0.4 is 10.5 Å². The van der Waals surface area contributed by atoms with E-state index in [2.05, 4.69) is 4.98 Å². The number of anilines is 1. The van der Waals surface area contributed by atoms with E-state index >= 15 is 0 Å². The largest absolute Gasteiger partial charge is 0.474 e. The zero-order valence-corrected chi connectivity index (χ0v) is 12.8. The highest BCUT2D eigenvalue weighted by molar-refractivity contribution is 5.69. The molecule has 2 rings (SSSR count). The summed E-state index contributed by atoms with van der Waals surface area (Å²) in [5, 5.41) is 0. The molecule has 0 bridgehead atoms. The molecule has 1 atom stereocenters. The van der Waals surface area contributed by atoms with Crippen molar-refractivity contribution >= 4 is 11.8 Å². The molecule has 2 N–H and O–H groups in total. The first-order chi connectivity index (χ1) is 9.87. The van der Waals surface area contributed by atoms with Crippen molar-refractivity contribution in [3.63, 3.8) is 0 Å². The minimum atomic E-state index is -0.490. The van der Waals surface area contributed by atoms with Gasteiger partial charge in [-0.25, -0.2) is 9.78 Å². The molecule has 1 fully saturated rings. The van der Waals surface area contributed by atoms with E-state index in [4.69, 9.17) is 15.2 Å². The lowest BCUT2D eigenvalue weighted by Gasteiger charge is -2.28. The normalized spacial score (nSPS) is 18.6. The monoisotopic (exact) mass is 293 g/mol. The Labute approximate surface area is 125 Å². The Morgan fingerprint density at radius 2 is 2.29 bits per heavy atom. The lowest BCUT2D eigenvalue weighted by Crippen LogP contribution is -2.42. The number of ether oxygens (including phenoxy) is 2. The van der Waals surface area contributed by atoms with Gasteiger partial charge in [-0.05, 0) is 45.7 Å². The Morgan fingerprint density at radius 3 is 2.95 bits per heavy atom. The first-order valence-corrected chi connectivity index (χ1v) is 7.20. The van der Waals surface area contributed by atoms with Crippen molar-refractivity contribution in [1.29, 1.82) is 0 Å². The Kier molecular flexibility index (Phi) is 4.55. The predicted molar refractivity (Wildman–Crippen MR) is 80.1 cm³/mol. The molecule has 1 saturated heterocycles. The van der Waals surface area contributed by atoms with Crippen LogP contribution in [0.4, 0.5) is 10.5 Å². The van der Waals surface area contributed by atoms with Crippen LogP contribution in [0.15, 0.2) is 18.3 Å². The number of carbonyl (C=O) groups is 1. The van der Waals surface area contributed by atoms with Crippen molar-refractivity contribution in [2.24, 2.45) is 0 Å². The number of nitrogens with zero attached hydrogens (tertiary/aromatic N) is 2. The molecule has 116 valence electrons. The second-order valence-electron chi connectivity index (χ2n) is 6.18. The number of amides is 1. The van der Waals surface area contributed by atoms with Crippen LogP contribution in [-0.4, -0.2) is 40.8 Å². The molecular weight excluding hydrogens is 270 g/mol. The summed E-state index contributed by atoms with van der Waals surface area (Å²) in [5.74, 6) is 0.411. The van der Waals surface area contributed by atoms with E-state index in [-0.39, 0.29) is 12.1 Å². The topological polar surface area (TPSA) is 77.7 Å². The minimum Gasteiger partial charge on any atom is -0.474 e. The van der Waals surface area contributed by atoms with E-state index in [1.54, 1.807) is 23.2 Å². The Balaban J connectivity index is 1.93. The molecule has 1 aromatic heterocycles.